The molecule has 112 valence electrons. The summed E-state index contributed by atoms with van der Waals surface area (Å²) in [7, 11) is 0. The summed E-state index contributed by atoms with van der Waals surface area (Å²) in [4.78, 5) is 27.8. The highest BCUT2D eigenvalue weighted by molar-refractivity contribution is 5.95. The molecule has 6 heteroatoms. The summed E-state index contributed by atoms with van der Waals surface area (Å²) in [5.41, 5.74) is 3.78. The fraction of sp³-hybridized carbons (Fsp3) is 0.467. The molecule has 2 amide bonds. The minimum absolute atomic E-state index is 0.264. The maximum Gasteiger partial charge on any atom is 0.265 e. The van der Waals surface area contributed by atoms with E-state index in [1.165, 1.54) is 0 Å². The Labute approximate surface area is 123 Å². The van der Waals surface area contributed by atoms with Gasteiger partial charge in [0.15, 0.2) is 0 Å². The lowest BCUT2D eigenvalue weighted by Gasteiger charge is -2.37. The Kier molecular flexibility index (Phi) is 3.90. The van der Waals surface area contributed by atoms with Crippen LogP contribution in [0.15, 0.2) is 24.3 Å². The van der Waals surface area contributed by atoms with Gasteiger partial charge < -0.3 is 4.90 Å². The van der Waals surface area contributed by atoms with Crippen molar-refractivity contribution < 1.29 is 9.59 Å². The van der Waals surface area contributed by atoms with Gasteiger partial charge in [-0.25, -0.2) is 5.84 Å². The Balaban J connectivity index is 1.70. The van der Waals surface area contributed by atoms with Gasteiger partial charge in [-0.2, -0.15) is 0 Å². The molecule has 3 N–H and O–H groups in total. The summed E-state index contributed by atoms with van der Waals surface area (Å²) in [5, 5.41) is 0. The largest absolute Gasteiger partial charge is 0.337 e. The Bertz CT molecular complexity index is 560. The second-order valence-electron chi connectivity index (χ2n) is 5.65. The maximum atomic E-state index is 11.8. The van der Waals surface area contributed by atoms with E-state index in [2.05, 4.69) is 10.3 Å². The summed E-state index contributed by atoms with van der Waals surface area (Å²) in [6.45, 7) is 3.22. The molecule has 0 saturated carbocycles. The van der Waals surface area contributed by atoms with Crippen LogP contribution in [0, 0.1) is 0 Å². The van der Waals surface area contributed by atoms with Crippen molar-refractivity contribution in [2.45, 2.75) is 25.4 Å². The van der Waals surface area contributed by atoms with E-state index in [0.29, 0.717) is 24.6 Å². The minimum Gasteiger partial charge on any atom is -0.337 e. The molecule has 0 aliphatic carbocycles. The first-order valence-corrected chi connectivity index (χ1v) is 7.29. The number of hydrogen-bond acceptors (Lipinski definition) is 4. The van der Waals surface area contributed by atoms with E-state index in [0.717, 1.165) is 31.6 Å². The first-order valence-electron chi connectivity index (χ1n) is 7.29. The number of piperazine rings is 1. The second-order valence-corrected chi connectivity index (χ2v) is 5.65. The van der Waals surface area contributed by atoms with Gasteiger partial charge in [-0.15, -0.1) is 0 Å². The molecule has 1 aromatic carbocycles. The minimum atomic E-state index is -0.264. The van der Waals surface area contributed by atoms with Crippen LogP contribution in [-0.2, 0) is 11.3 Å². The van der Waals surface area contributed by atoms with Crippen LogP contribution < -0.4 is 11.3 Å². The zero-order valence-electron chi connectivity index (χ0n) is 11.9. The van der Waals surface area contributed by atoms with Crippen molar-refractivity contribution in [2.24, 2.45) is 5.84 Å². The van der Waals surface area contributed by atoms with Gasteiger partial charge in [0, 0.05) is 44.2 Å². The lowest BCUT2D eigenvalue weighted by Crippen LogP contribution is -2.51. The van der Waals surface area contributed by atoms with Crippen LogP contribution in [-0.4, -0.2) is 47.3 Å². The van der Waals surface area contributed by atoms with Gasteiger partial charge >= 0.3 is 0 Å². The van der Waals surface area contributed by atoms with Crippen LogP contribution in [0.1, 0.15) is 28.8 Å². The molecule has 0 bridgehead atoms. The lowest BCUT2D eigenvalue weighted by molar-refractivity contribution is -0.130. The van der Waals surface area contributed by atoms with Crippen LogP contribution in [0.2, 0.25) is 0 Å². The lowest BCUT2D eigenvalue weighted by atomic mass is 10.1. The molecule has 6 nitrogen and oxygen atoms in total. The molecular formula is C15H20N4O2. The van der Waals surface area contributed by atoms with Crippen molar-refractivity contribution in [2.75, 3.05) is 19.6 Å². The normalized spacial score (nSPS) is 22.2. The monoisotopic (exact) mass is 288 g/mol. The fourth-order valence-electron chi connectivity index (χ4n) is 3.27. The predicted molar refractivity (Wildman–Crippen MR) is 78.1 cm³/mol. The van der Waals surface area contributed by atoms with Crippen LogP contribution in [0.3, 0.4) is 0 Å². The van der Waals surface area contributed by atoms with E-state index in [-0.39, 0.29) is 11.8 Å². The summed E-state index contributed by atoms with van der Waals surface area (Å²) in [6, 6.07) is 7.84. The summed E-state index contributed by atoms with van der Waals surface area (Å²) in [5.74, 6) is 5.25. The van der Waals surface area contributed by atoms with Crippen LogP contribution in [0.25, 0.3) is 0 Å². The Morgan fingerprint density at radius 1 is 1.33 bits per heavy atom. The van der Waals surface area contributed by atoms with E-state index in [9.17, 15) is 9.59 Å². The van der Waals surface area contributed by atoms with Gasteiger partial charge in [0.1, 0.15) is 0 Å². The molecule has 2 fully saturated rings. The van der Waals surface area contributed by atoms with Gasteiger partial charge in [-0.1, -0.05) is 18.2 Å². The maximum absolute atomic E-state index is 11.8. The quantitative estimate of drug-likeness (QED) is 0.470. The number of carbonyl (C=O) groups excluding carboxylic acids is 2. The highest BCUT2D eigenvalue weighted by Crippen LogP contribution is 2.24. The SMILES string of the molecule is NNC(=O)c1ccccc1CN1CCN2C(=O)CCC2C1. The molecule has 0 radical (unpaired) electrons. The molecule has 21 heavy (non-hydrogen) atoms. The molecule has 2 aliphatic heterocycles. The molecule has 1 aromatic rings. The molecule has 2 aliphatic rings. The second kappa shape index (κ2) is 5.83. The number of hydrogen-bond donors (Lipinski definition) is 2. The van der Waals surface area contributed by atoms with Crippen molar-refractivity contribution in [1.82, 2.24) is 15.2 Å². The zero-order chi connectivity index (χ0) is 14.8. The van der Waals surface area contributed by atoms with Crippen molar-refractivity contribution in [3.8, 4) is 0 Å². The van der Waals surface area contributed by atoms with Gasteiger partial charge in [0.25, 0.3) is 5.91 Å². The van der Waals surface area contributed by atoms with Crippen molar-refractivity contribution in [3.05, 3.63) is 35.4 Å². The number of benzene rings is 1. The summed E-state index contributed by atoms with van der Waals surface area (Å²) in [6.07, 6.45) is 1.62. The number of nitrogens with zero attached hydrogens (tertiary/aromatic N) is 2. The van der Waals surface area contributed by atoms with E-state index >= 15 is 0 Å². The van der Waals surface area contributed by atoms with Gasteiger partial charge in [0.05, 0.1) is 0 Å². The highest BCUT2D eigenvalue weighted by atomic mass is 16.2. The number of fused-ring (bicyclic) bond motifs is 1. The van der Waals surface area contributed by atoms with Gasteiger partial charge in [-0.05, 0) is 18.1 Å². The molecule has 1 unspecified atom stereocenters. The first-order chi connectivity index (χ1) is 10.2. The van der Waals surface area contributed by atoms with Crippen molar-refractivity contribution >= 4 is 11.8 Å². The number of nitrogens with one attached hydrogen (secondary N) is 1. The van der Waals surface area contributed by atoms with Crippen LogP contribution in [0.5, 0.6) is 0 Å². The number of nitrogen functional groups attached to an aromatic ring is 1. The standard InChI is InChI=1S/C15H20N4O2/c16-17-15(21)13-4-2-1-3-11(13)9-18-7-8-19-12(10-18)5-6-14(19)20/h1-4,12H,5-10,16H2,(H,17,21). The molecule has 1 atom stereocenters. The predicted octanol–water partition coefficient (Wildman–Crippen LogP) is 0.0967. The first kappa shape index (κ1) is 14.0. The molecule has 2 saturated heterocycles. The average Bonchev–Trinajstić information content (AvgIpc) is 2.88. The summed E-state index contributed by atoms with van der Waals surface area (Å²) < 4.78 is 0. The molecule has 0 aromatic heterocycles. The van der Waals surface area contributed by atoms with Crippen molar-refractivity contribution in [3.63, 3.8) is 0 Å². The van der Waals surface area contributed by atoms with Gasteiger partial charge in [0.2, 0.25) is 5.91 Å². The van der Waals surface area contributed by atoms with E-state index in [1.807, 2.05) is 23.1 Å². The average molecular weight is 288 g/mol. The fourth-order valence-corrected chi connectivity index (χ4v) is 3.27. The third kappa shape index (κ3) is 2.77. The van der Waals surface area contributed by atoms with E-state index < -0.39 is 0 Å². The van der Waals surface area contributed by atoms with Crippen molar-refractivity contribution in [1.29, 1.82) is 0 Å². The molecular weight excluding hydrogens is 268 g/mol. The Morgan fingerprint density at radius 2 is 2.14 bits per heavy atom. The van der Waals surface area contributed by atoms with Gasteiger partial charge in [-0.3, -0.25) is 19.9 Å². The third-order valence-corrected chi connectivity index (χ3v) is 4.37. The number of nitrogens with two attached hydrogens (primary N) is 1. The smallest absolute Gasteiger partial charge is 0.265 e. The molecule has 0 spiro atoms. The van der Waals surface area contributed by atoms with Crippen LogP contribution in [0.4, 0.5) is 0 Å². The number of rotatable bonds is 3. The van der Waals surface area contributed by atoms with E-state index in [4.69, 9.17) is 5.84 Å². The third-order valence-electron chi connectivity index (χ3n) is 4.37. The van der Waals surface area contributed by atoms with Crippen LogP contribution >= 0.6 is 0 Å². The number of carbonyl (C=O) groups is 2. The number of hydrazine groups is 1. The summed E-state index contributed by atoms with van der Waals surface area (Å²) >= 11 is 0. The molecule has 2 heterocycles. The number of amides is 2. The Hall–Kier alpha value is -1.92. The zero-order valence-corrected chi connectivity index (χ0v) is 11.9. The Morgan fingerprint density at radius 3 is 2.95 bits per heavy atom. The molecule has 3 rings (SSSR count). The van der Waals surface area contributed by atoms with E-state index in [1.54, 1.807) is 6.07 Å². The topological polar surface area (TPSA) is 78.7 Å². The highest BCUT2D eigenvalue weighted by Gasteiger charge is 2.35.